The number of hydrogen-bond donors (Lipinski definition) is 1. The van der Waals surface area contributed by atoms with Crippen molar-refractivity contribution in [2.75, 3.05) is 0 Å². The Morgan fingerprint density at radius 2 is 1.83 bits per heavy atom. The van der Waals surface area contributed by atoms with E-state index >= 15 is 0 Å². The Balaban J connectivity index is 2.19. The number of halogens is 1. The maximum absolute atomic E-state index is 12.9. The molecule has 2 unspecified atom stereocenters. The third-order valence-electron chi connectivity index (χ3n) is 3.89. The quantitative estimate of drug-likeness (QED) is 0.824. The van der Waals surface area contributed by atoms with Gasteiger partial charge in [-0.25, -0.2) is 4.39 Å². The second-order valence-corrected chi connectivity index (χ2v) is 5.15. The number of carboxylic acid groups (broad SMARTS) is 1. The van der Waals surface area contributed by atoms with E-state index in [1.54, 1.807) is 12.1 Å². The smallest absolute Gasteiger partial charge is 0.303 e. The molecule has 2 nitrogen and oxygen atoms in total. The third-order valence-corrected chi connectivity index (χ3v) is 3.89. The SMILES string of the molecule is O=C(O)CC1CCCCCC1c1ccc(F)cc1. The van der Waals surface area contributed by atoms with Crippen LogP contribution in [0.4, 0.5) is 4.39 Å². The summed E-state index contributed by atoms with van der Waals surface area (Å²) in [6, 6.07) is 6.55. The molecule has 3 heteroatoms. The van der Waals surface area contributed by atoms with Gasteiger partial charge < -0.3 is 5.11 Å². The molecule has 0 aromatic heterocycles. The predicted molar refractivity (Wildman–Crippen MR) is 68.0 cm³/mol. The first-order chi connectivity index (χ1) is 8.66. The molecule has 1 N–H and O–H groups in total. The summed E-state index contributed by atoms with van der Waals surface area (Å²) in [6.07, 6.45) is 5.63. The second-order valence-electron chi connectivity index (χ2n) is 5.15. The minimum Gasteiger partial charge on any atom is -0.481 e. The van der Waals surface area contributed by atoms with Gasteiger partial charge in [0, 0.05) is 6.42 Å². The van der Waals surface area contributed by atoms with Gasteiger partial charge in [-0.3, -0.25) is 4.79 Å². The average molecular weight is 250 g/mol. The maximum atomic E-state index is 12.9. The van der Waals surface area contributed by atoms with Crippen molar-refractivity contribution >= 4 is 5.97 Å². The molecule has 0 spiro atoms. The van der Waals surface area contributed by atoms with Crippen molar-refractivity contribution in [3.63, 3.8) is 0 Å². The fourth-order valence-corrected chi connectivity index (χ4v) is 3.00. The first kappa shape index (κ1) is 13.1. The van der Waals surface area contributed by atoms with E-state index in [1.165, 1.54) is 18.6 Å². The van der Waals surface area contributed by atoms with Crippen LogP contribution in [-0.2, 0) is 4.79 Å². The summed E-state index contributed by atoms with van der Waals surface area (Å²) in [6.45, 7) is 0. The van der Waals surface area contributed by atoms with E-state index in [2.05, 4.69) is 0 Å². The average Bonchev–Trinajstić information content (AvgIpc) is 2.55. The van der Waals surface area contributed by atoms with Crippen LogP contribution in [-0.4, -0.2) is 11.1 Å². The van der Waals surface area contributed by atoms with Crippen LogP contribution in [0.2, 0.25) is 0 Å². The van der Waals surface area contributed by atoms with E-state index in [1.807, 2.05) is 0 Å². The fourth-order valence-electron chi connectivity index (χ4n) is 3.00. The Morgan fingerprint density at radius 1 is 1.17 bits per heavy atom. The van der Waals surface area contributed by atoms with Crippen LogP contribution in [0.25, 0.3) is 0 Å². The third kappa shape index (κ3) is 3.31. The van der Waals surface area contributed by atoms with Gasteiger partial charge in [-0.15, -0.1) is 0 Å². The monoisotopic (exact) mass is 250 g/mol. The van der Waals surface area contributed by atoms with E-state index in [0.717, 1.165) is 31.2 Å². The fraction of sp³-hybridized carbons (Fsp3) is 0.533. The van der Waals surface area contributed by atoms with E-state index in [4.69, 9.17) is 5.11 Å². The number of carbonyl (C=O) groups is 1. The lowest BCUT2D eigenvalue weighted by atomic mass is 9.80. The number of carboxylic acids is 1. The van der Waals surface area contributed by atoms with Crippen molar-refractivity contribution in [1.82, 2.24) is 0 Å². The molecule has 98 valence electrons. The first-order valence-electron chi connectivity index (χ1n) is 6.64. The standard InChI is InChI=1S/C15H19FO2/c16-13-8-6-11(7-9-13)14-5-3-1-2-4-12(14)10-15(17)18/h6-9,12,14H,1-5,10H2,(H,17,18). The molecule has 0 heterocycles. The topological polar surface area (TPSA) is 37.3 Å². The summed E-state index contributed by atoms with van der Waals surface area (Å²) in [5, 5.41) is 9.01. The lowest BCUT2D eigenvalue weighted by Gasteiger charge is -2.24. The zero-order valence-corrected chi connectivity index (χ0v) is 10.4. The Morgan fingerprint density at radius 3 is 2.50 bits per heavy atom. The van der Waals surface area contributed by atoms with Crippen LogP contribution in [0.3, 0.4) is 0 Å². The molecule has 0 bridgehead atoms. The lowest BCUT2D eigenvalue weighted by Crippen LogP contribution is -2.16. The molecule has 2 atom stereocenters. The van der Waals surface area contributed by atoms with E-state index in [0.29, 0.717) is 0 Å². The van der Waals surface area contributed by atoms with Gasteiger partial charge in [0.05, 0.1) is 0 Å². The lowest BCUT2D eigenvalue weighted by molar-refractivity contribution is -0.138. The summed E-state index contributed by atoms with van der Waals surface area (Å²) < 4.78 is 12.9. The highest BCUT2D eigenvalue weighted by Crippen LogP contribution is 2.38. The summed E-state index contributed by atoms with van der Waals surface area (Å²) >= 11 is 0. The van der Waals surface area contributed by atoms with Crippen LogP contribution in [0.1, 0.15) is 50.0 Å². The normalized spacial score (nSPS) is 24.5. The molecule has 1 aliphatic carbocycles. The zero-order valence-electron chi connectivity index (χ0n) is 10.4. The summed E-state index contributed by atoms with van der Waals surface area (Å²) in [7, 11) is 0. The highest BCUT2D eigenvalue weighted by Gasteiger charge is 2.26. The minimum absolute atomic E-state index is 0.190. The molecule has 0 aliphatic heterocycles. The molecule has 1 aliphatic rings. The van der Waals surface area contributed by atoms with Crippen molar-refractivity contribution in [2.45, 2.75) is 44.4 Å². The molecule has 0 amide bonds. The molecule has 0 radical (unpaired) electrons. The Bertz CT molecular complexity index is 399. The van der Waals surface area contributed by atoms with E-state index in [9.17, 15) is 9.18 Å². The highest BCUT2D eigenvalue weighted by atomic mass is 19.1. The Labute approximate surface area is 107 Å². The highest BCUT2D eigenvalue weighted by molar-refractivity contribution is 5.67. The van der Waals surface area contributed by atoms with Crippen LogP contribution in [0.5, 0.6) is 0 Å². The maximum Gasteiger partial charge on any atom is 0.303 e. The van der Waals surface area contributed by atoms with Gasteiger partial charge in [-0.2, -0.15) is 0 Å². The number of rotatable bonds is 3. The zero-order chi connectivity index (χ0) is 13.0. The summed E-state index contributed by atoms with van der Waals surface area (Å²) in [5.74, 6) is -0.504. The summed E-state index contributed by atoms with van der Waals surface area (Å²) in [4.78, 5) is 11.0. The largest absolute Gasteiger partial charge is 0.481 e. The van der Waals surface area contributed by atoms with Gasteiger partial charge in [0.25, 0.3) is 0 Å². The van der Waals surface area contributed by atoms with Gasteiger partial charge in [-0.05, 0) is 42.4 Å². The Kier molecular flexibility index (Phi) is 4.34. The molecular weight excluding hydrogens is 231 g/mol. The van der Waals surface area contributed by atoms with Gasteiger partial charge in [0.2, 0.25) is 0 Å². The molecule has 1 aromatic rings. The van der Waals surface area contributed by atoms with E-state index < -0.39 is 5.97 Å². The van der Waals surface area contributed by atoms with Crippen molar-refractivity contribution in [3.05, 3.63) is 35.6 Å². The van der Waals surface area contributed by atoms with Crippen molar-refractivity contribution in [2.24, 2.45) is 5.92 Å². The molecule has 0 saturated heterocycles. The van der Waals surface area contributed by atoms with Crippen molar-refractivity contribution < 1.29 is 14.3 Å². The van der Waals surface area contributed by atoms with Crippen LogP contribution in [0.15, 0.2) is 24.3 Å². The minimum atomic E-state index is -0.728. The van der Waals surface area contributed by atoms with Crippen LogP contribution in [0, 0.1) is 11.7 Å². The van der Waals surface area contributed by atoms with Gasteiger partial charge in [0.1, 0.15) is 5.82 Å². The molecule has 1 saturated carbocycles. The molecule has 1 fully saturated rings. The van der Waals surface area contributed by atoms with Crippen molar-refractivity contribution in [1.29, 1.82) is 0 Å². The predicted octanol–water partition coefficient (Wildman–Crippen LogP) is 3.96. The van der Waals surface area contributed by atoms with Gasteiger partial charge in [-0.1, -0.05) is 31.4 Å². The van der Waals surface area contributed by atoms with Crippen molar-refractivity contribution in [3.8, 4) is 0 Å². The van der Waals surface area contributed by atoms with Crippen LogP contribution >= 0.6 is 0 Å². The molecular formula is C15H19FO2. The molecule has 18 heavy (non-hydrogen) atoms. The van der Waals surface area contributed by atoms with E-state index in [-0.39, 0.29) is 24.1 Å². The number of aliphatic carboxylic acids is 1. The number of benzene rings is 1. The van der Waals surface area contributed by atoms with Gasteiger partial charge in [0.15, 0.2) is 0 Å². The molecule has 1 aromatic carbocycles. The van der Waals surface area contributed by atoms with Gasteiger partial charge >= 0.3 is 5.97 Å². The first-order valence-corrected chi connectivity index (χ1v) is 6.64. The molecule has 2 rings (SSSR count). The number of hydrogen-bond acceptors (Lipinski definition) is 1. The summed E-state index contributed by atoms with van der Waals surface area (Å²) in [5.41, 5.74) is 1.09. The Hall–Kier alpha value is -1.38. The second kappa shape index (κ2) is 5.98. The van der Waals surface area contributed by atoms with Crippen LogP contribution < -0.4 is 0 Å².